The Labute approximate surface area is 215 Å². The number of aromatic nitrogens is 4. The van der Waals surface area contributed by atoms with Crippen LogP contribution in [0, 0.1) is 0 Å². The first-order valence-electron chi connectivity index (χ1n) is 8.21. The predicted molar refractivity (Wildman–Crippen MR) is 153 cm³/mol. The maximum atomic E-state index is 4.74. The molecule has 1 aromatic carbocycles. The van der Waals surface area contributed by atoms with Crippen molar-refractivity contribution < 1.29 is 0 Å². The third-order valence-corrected chi connectivity index (χ3v) is 15.7. The van der Waals surface area contributed by atoms with Crippen LogP contribution in [0.5, 0.6) is 0 Å². The molecular formula is C16H12N4S10. The molecule has 0 spiro atoms. The van der Waals surface area contributed by atoms with Crippen molar-refractivity contribution in [1.82, 2.24) is 17.5 Å². The van der Waals surface area contributed by atoms with Crippen LogP contribution in [0.1, 0.15) is 0 Å². The second kappa shape index (κ2) is 9.63. The quantitative estimate of drug-likeness (QED) is 0.339. The van der Waals surface area contributed by atoms with E-state index in [9.17, 15) is 0 Å². The Bertz CT molecular complexity index is 1160. The molecule has 0 unspecified atom stereocenters. The van der Waals surface area contributed by atoms with E-state index in [4.69, 9.17) is 17.5 Å². The number of benzene rings is 1. The van der Waals surface area contributed by atoms with Gasteiger partial charge in [0, 0.05) is 0 Å². The molecule has 0 bridgehead atoms. The topological polar surface area (TPSA) is 51.6 Å². The second-order valence-corrected chi connectivity index (χ2v) is 15.6. The molecule has 5 rings (SSSR count). The van der Waals surface area contributed by atoms with Crippen LogP contribution in [0.25, 0.3) is 30.5 Å². The molecule has 0 saturated carbocycles. The fourth-order valence-electron chi connectivity index (χ4n) is 2.89. The molecule has 0 N–H and O–H groups in total. The van der Waals surface area contributed by atoms with Gasteiger partial charge in [0.15, 0.2) is 0 Å². The zero-order valence-electron chi connectivity index (χ0n) is 15.9. The van der Waals surface area contributed by atoms with Crippen molar-refractivity contribution in [2.75, 3.05) is 25.0 Å². The van der Waals surface area contributed by atoms with Gasteiger partial charge >= 0.3 is 0 Å². The van der Waals surface area contributed by atoms with Crippen molar-refractivity contribution in [2.45, 2.75) is 0 Å². The minimum atomic E-state index is 0.949. The van der Waals surface area contributed by atoms with Gasteiger partial charge in [0.1, 0.15) is 22.1 Å². The van der Waals surface area contributed by atoms with Gasteiger partial charge in [-0.05, 0) is 25.0 Å². The Morgan fingerprint density at radius 3 is 0.967 bits per heavy atom. The summed E-state index contributed by atoms with van der Waals surface area (Å²) in [5.74, 6) is 0. The molecule has 30 heavy (non-hydrogen) atoms. The summed E-state index contributed by atoms with van der Waals surface area (Å²) in [6, 6.07) is 0. The molecule has 0 radical (unpaired) electrons. The molecule has 14 heteroatoms. The molecular weight excluding hydrogens is 569 g/mol. The maximum absolute atomic E-state index is 4.74. The lowest BCUT2D eigenvalue weighted by Crippen LogP contribution is -2.17. The SMILES string of the molecule is CSC1=C(SC)SC(=c2c3nsnc3c(=C3SC(SC)=C(SC)S3)c3nsnc23)S1. The van der Waals surface area contributed by atoms with Crippen LogP contribution in [0.4, 0.5) is 0 Å². The molecule has 4 nitrogen and oxygen atoms in total. The monoisotopic (exact) mass is 580 g/mol. The van der Waals surface area contributed by atoms with Crippen molar-refractivity contribution in [3.05, 3.63) is 27.4 Å². The first-order valence-corrected chi connectivity index (χ1v) is 17.8. The average Bonchev–Trinajstić information content (AvgIpc) is 3.56. The van der Waals surface area contributed by atoms with E-state index in [-0.39, 0.29) is 0 Å². The Hall–Kier alpha value is 0.880. The lowest BCUT2D eigenvalue weighted by molar-refractivity contribution is 1.55. The number of thioether (sulfide) groups is 8. The number of hydrogen-bond acceptors (Lipinski definition) is 14. The van der Waals surface area contributed by atoms with Crippen LogP contribution in [0.15, 0.2) is 16.9 Å². The van der Waals surface area contributed by atoms with E-state index in [1.165, 1.54) is 48.9 Å². The van der Waals surface area contributed by atoms with Gasteiger partial charge in [-0.15, -0.1) is 47.0 Å². The van der Waals surface area contributed by atoms with Crippen molar-refractivity contribution >= 4 is 148 Å². The van der Waals surface area contributed by atoms with Crippen LogP contribution < -0.4 is 10.4 Å². The van der Waals surface area contributed by atoms with Gasteiger partial charge in [-0.1, -0.05) is 47.0 Å². The van der Waals surface area contributed by atoms with E-state index >= 15 is 0 Å². The van der Waals surface area contributed by atoms with Gasteiger partial charge in [-0.3, -0.25) is 0 Å². The van der Waals surface area contributed by atoms with Gasteiger partial charge < -0.3 is 0 Å². The van der Waals surface area contributed by atoms with Crippen molar-refractivity contribution in [3.8, 4) is 0 Å². The first kappa shape index (κ1) is 22.7. The Morgan fingerprint density at radius 1 is 0.467 bits per heavy atom. The summed E-state index contributed by atoms with van der Waals surface area (Å²) in [6.45, 7) is 0. The highest BCUT2D eigenvalue weighted by Gasteiger charge is 2.27. The summed E-state index contributed by atoms with van der Waals surface area (Å²) < 4.78 is 26.8. The lowest BCUT2D eigenvalue weighted by Gasteiger charge is -2.02. The molecule has 2 aliphatic rings. The van der Waals surface area contributed by atoms with E-state index in [1.807, 2.05) is 47.0 Å². The largest absolute Gasteiger partial charge is 0.172 e. The number of hydrogen-bond donors (Lipinski definition) is 0. The summed E-state index contributed by atoms with van der Waals surface area (Å²) in [5, 5.41) is 2.18. The third kappa shape index (κ3) is 3.80. The molecule has 0 aliphatic carbocycles. The highest BCUT2D eigenvalue weighted by atomic mass is 32.3. The fourth-order valence-corrected chi connectivity index (χ4v) is 14.2. The molecule has 0 atom stereocenters. The fraction of sp³-hybridized carbons (Fsp3) is 0.250. The van der Waals surface area contributed by atoms with Crippen LogP contribution in [0.2, 0.25) is 0 Å². The number of fused-ring (bicyclic) bond motifs is 2. The van der Waals surface area contributed by atoms with E-state index in [1.54, 1.807) is 47.0 Å². The van der Waals surface area contributed by atoms with E-state index < -0.39 is 0 Å². The van der Waals surface area contributed by atoms with E-state index in [0.717, 1.165) is 32.5 Å². The summed E-state index contributed by atoms with van der Waals surface area (Å²) in [5.41, 5.74) is 3.80. The molecule has 0 fully saturated rings. The van der Waals surface area contributed by atoms with Crippen molar-refractivity contribution in [1.29, 1.82) is 0 Å². The smallest absolute Gasteiger partial charge is 0.116 e. The molecule has 0 amide bonds. The lowest BCUT2D eigenvalue weighted by atomic mass is 10.2. The molecule has 2 aromatic heterocycles. The van der Waals surface area contributed by atoms with Gasteiger partial charge in [0.05, 0.1) is 59.3 Å². The molecule has 2 aliphatic heterocycles. The van der Waals surface area contributed by atoms with Gasteiger partial charge in [0.25, 0.3) is 0 Å². The van der Waals surface area contributed by atoms with E-state index in [2.05, 4.69) is 25.0 Å². The molecule has 0 saturated heterocycles. The zero-order valence-corrected chi connectivity index (χ0v) is 24.0. The van der Waals surface area contributed by atoms with Crippen LogP contribution in [-0.2, 0) is 0 Å². The van der Waals surface area contributed by atoms with Gasteiger partial charge in [-0.25, -0.2) is 0 Å². The molecule has 3 aromatic rings. The van der Waals surface area contributed by atoms with Crippen molar-refractivity contribution in [3.63, 3.8) is 0 Å². The zero-order chi connectivity index (χ0) is 20.8. The van der Waals surface area contributed by atoms with Gasteiger partial charge in [0.2, 0.25) is 0 Å². The van der Waals surface area contributed by atoms with Crippen LogP contribution in [-0.4, -0.2) is 42.5 Å². The third-order valence-electron chi connectivity index (χ3n) is 4.15. The number of nitrogens with zero attached hydrogens (tertiary/aromatic N) is 4. The average molecular weight is 581 g/mol. The second-order valence-electron chi connectivity index (χ2n) is 5.62. The first-order chi connectivity index (χ1) is 14.7. The summed E-state index contributed by atoms with van der Waals surface area (Å²) in [6.07, 6.45) is 8.54. The highest BCUT2D eigenvalue weighted by molar-refractivity contribution is 8.46. The Morgan fingerprint density at radius 2 is 0.733 bits per heavy atom. The molecule has 156 valence electrons. The minimum absolute atomic E-state index is 0.949. The molecule has 4 heterocycles. The van der Waals surface area contributed by atoms with E-state index in [0.29, 0.717) is 0 Å². The standard InChI is InChI=1S/C16H12N4S10/c1-21-13-14(22-2)26-11(25-13)5-7-9(19-29-17-7)6(10-8(5)18-30-20-10)12-27-15(23-3)16(24-4)28-12/h1-4H3. The predicted octanol–water partition coefficient (Wildman–Crippen LogP) is 6.49. The van der Waals surface area contributed by atoms with Gasteiger partial charge in [-0.2, -0.15) is 17.5 Å². The van der Waals surface area contributed by atoms with Crippen LogP contribution >= 0.6 is 118 Å². The summed E-state index contributed by atoms with van der Waals surface area (Å²) >= 11 is 17.0. The Kier molecular flexibility index (Phi) is 7.27. The number of rotatable bonds is 4. The normalized spacial score (nSPS) is 17.6. The highest BCUT2D eigenvalue weighted by Crippen LogP contribution is 2.58. The summed E-state index contributed by atoms with van der Waals surface area (Å²) in [7, 11) is 0. The maximum Gasteiger partial charge on any atom is 0.116 e. The van der Waals surface area contributed by atoms with Crippen molar-refractivity contribution in [2.24, 2.45) is 0 Å². The minimum Gasteiger partial charge on any atom is -0.172 e. The van der Waals surface area contributed by atoms with Crippen LogP contribution in [0.3, 0.4) is 0 Å². The Balaban J connectivity index is 1.83. The summed E-state index contributed by atoms with van der Waals surface area (Å²) in [4.78, 5) is 0.